The first-order chi connectivity index (χ1) is 15.1. The Kier molecular flexibility index (Phi) is 6.14. The molecule has 3 aromatic carbocycles. The topological polar surface area (TPSA) is 86.5 Å². The van der Waals surface area contributed by atoms with Gasteiger partial charge in [-0.3, -0.25) is 4.79 Å². The van der Waals surface area contributed by atoms with Crippen molar-refractivity contribution in [1.82, 2.24) is 10.1 Å². The molecule has 0 aliphatic heterocycles. The molecule has 8 heteroatoms. The molecule has 4 aromatic rings. The van der Waals surface area contributed by atoms with Gasteiger partial charge in [-0.1, -0.05) is 47.1 Å². The Morgan fingerprint density at radius 3 is 2.55 bits per heavy atom. The maximum Gasteiger partial charge on any atom is 0.262 e. The number of amides is 1. The fourth-order valence-corrected chi connectivity index (χ4v) is 3.04. The number of rotatable bonds is 7. The summed E-state index contributed by atoms with van der Waals surface area (Å²) in [6.07, 6.45) is 0. The van der Waals surface area contributed by atoms with E-state index >= 15 is 0 Å². The maximum absolute atomic E-state index is 12.2. The minimum Gasteiger partial charge on any atom is -0.493 e. The van der Waals surface area contributed by atoms with Crippen molar-refractivity contribution in [3.63, 3.8) is 0 Å². The monoisotopic (exact) mass is 435 g/mol. The SMILES string of the molecule is COc1cc(-c2noc(-c3ccccc3)n2)ccc1OCC(=O)Nc1ccccc1Cl. The van der Waals surface area contributed by atoms with Gasteiger partial charge < -0.3 is 19.3 Å². The number of anilines is 1. The van der Waals surface area contributed by atoms with Crippen molar-refractivity contribution >= 4 is 23.2 Å². The number of nitrogens with zero attached hydrogens (tertiary/aromatic N) is 2. The third-order valence-electron chi connectivity index (χ3n) is 4.38. The largest absolute Gasteiger partial charge is 0.493 e. The third-order valence-corrected chi connectivity index (χ3v) is 4.70. The fraction of sp³-hybridized carbons (Fsp3) is 0.0870. The summed E-state index contributed by atoms with van der Waals surface area (Å²) in [5.41, 5.74) is 2.04. The third kappa shape index (κ3) is 4.84. The first kappa shape index (κ1) is 20.4. The number of hydrogen-bond donors (Lipinski definition) is 1. The number of benzene rings is 3. The quantitative estimate of drug-likeness (QED) is 0.435. The van der Waals surface area contributed by atoms with Gasteiger partial charge in [0.25, 0.3) is 11.8 Å². The molecule has 1 heterocycles. The molecule has 0 atom stereocenters. The van der Waals surface area contributed by atoms with E-state index in [4.69, 9.17) is 25.6 Å². The lowest BCUT2D eigenvalue weighted by Gasteiger charge is -2.12. The molecule has 0 bridgehead atoms. The molecule has 0 aliphatic rings. The highest BCUT2D eigenvalue weighted by atomic mass is 35.5. The van der Waals surface area contributed by atoms with Crippen LogP contribution in [0.5, 0.6) is 11.5 Å². The second-order valence-corrected chi connectivity index (χ2v) is 6.88. The number of carbonyl (C=O) groups is 1. The fourth-order valence-electron chi connectivity index (χ4n) is 2.86. The van der Waals surface area contributed by atoms with Crippen LogP contribution in [0.4, 0.5) is 5.69 Å². The van der Waals surface area contributed by atoms with E-state index in [9.17, 15) is 4.79 Å². The molecule has 0 radical (unpaired) electrons. The second-order valence-electron chi connectivity index (χ2n) is 6.47. The predicted octanol–water partition coefficient (Wildman–Crippen LogP) is 5.08. The van der Waals surface area contributed by atoms with Gasteiger partial charge in [-0.05, 0) is 42.5 Å². The van der Waals surface area contributed by atoms with Gasteiger partial charge in [-0.2, -0.15) is 4.98 Å². The molecule has 0 fully saturated rings. The smallest absolute Gasteiger partial charge is 0.262 e. The van der Waals surface area contributed by atoms with Crippen LogP contribution in [-0.2, 0) is 4.79 Å². The van der Waals surface area contributed by atoms with Crippen LogP contribution in [0.3, 0.4) is 0 Å². The number of carbonyl (C=O) groups excluding carboxylic acids is 1. The highest BCUT2D eigenvalue weighted by molar-refractivity contribution is 6.33. The Bertz CT molecular complexity index is 1190. The molecule has 7 nitrogen and oxygen atoms in total. The van der Waals surface area contributed by atoms with E-state index in [-0.39, 0.29) is 12.5 Å². The molecule has 1 amide bonds. The number of methoxy groups -OCH3 is 1. The average Bonchev–Trinajstić information content (AvgIpc) is 3.30. The molecule has 0 saturated carbocycles. The van der Waals surface area contributed by atoms with Crippen LogP contribution in [0, 0.1) is 0 Å². The van der Waals surface area contributed by atoms with E-state index in [1.54, 1.807) is 42.5 Å². The lowest BCUT2D eigenvalue weighted by Crippen LogP contribution is -2.20. The van der Waals surface area contributed by atoms with Crippen molar-refractivity contribution in [2.45, 2.75) is 0 Å². The van der Waals surface area contributed by atoms with E-state index < -0.39 is 0 Å². The summed E-state index contributed by atoms with van der Waals surface area (Å²) < 4.78 is 16.4. The van der Waals surface area contributed by atoms with Gasteiger partial charge in [0.1, 0.15) is 0 Å². The van der Waals surface area contributed by atoms with Gasteiger partial charge >= 0.3 is 0 Å². The number of hydrogen-bond acceptors (Lipinski definition) is 6. The van der Waals surface area contributed by atoms with Crippen LogP contribution in [0.1, 0.15) is 0 Å². The van der Waals surface area contributed by atoms with Gasteiger partial charge in [0.2, 0.25) is 5.82 Å². The summed E-state index contributed by atoms with van der Waals surface area (Å²) in [5, 5.41) is 7.19. The molecule has 0 unspecified atom stereocenters. The zero-order chi connectivity index (χ0) is 21.6. The van der Waals surface area contributed by atoms with Crippen LogP contribution in [0.2, 0.25) is 5.02 Å². The average molecular weight is 436 g/mol. The van der Waals surface area contributed by atoms with Gasteiger partial charge in [-0.15, -0.1) is 0 Å². The number of aromatic nitrogens is 2. The zero-order valence-corrected chi connectivity index (χ0v) is 17.3. The van der Waals surface area contributed by atoms with Crippen molar-refractivity contribution in [2.24, 2.45) is 0 Å². The van der Waals surface area contributed by atoms with E-state index in [0.29, 0.717) is 39.5 Å². The Labute approximate surface area is 183 Å². The Balaban J connectivity index is 1.45. The lowest BCUT2D eigenvalue weighted by atomic mass is 10.2. The molecule has 0 spiro atoms. The van der Waals surface area contributed by atoms with Crippen LogP contribution in [0.25, 0.3) is 22.8 Å². The highest BCUT2D eigenvalue weighted by Gasteiger charge is 2.14. The van der Waals surface area contributed by atoms with Gasteiger partial charge in [-0.25, -0.2) is 0 Å². The Morgan fingerprint density at radius 2 is 1.77 bits per heavy atom. The number of nitrogens with one attached hydrogen (secondary N) is 1. The van der Waals surface area contributed by atoms with E-state index in [1.807, 2.05) is 30.3 Å². The van der Waals surface area contributed by atoms with Crippen molar-refractivity contribution < 1.29 is 18.8 Å². The van der Waals surface area contributed by atoms with Crippen molar-refractivity contribution in [3.8, 4) is 34.3 Å². The molecule has 0 saturated heterocycles. The standard InChI is InChI=1S/C23H18ClN3O4/c1-29-20-13-16(22-26-23(31-27-22)15-7-3-2-4-8-15)11-12-19(20)30-14-21(28)25-18-10-6-5-9-17(18)24/h2-13H,14H2,1H3,(H,25,28). The number of halogens is 1. The molecule has 1 N–H and O–H groups in total. The van der Waals surface area contributed by atoms with Gasteiger partial charge in [0.05, 0.1) is 17.8 Å². The maximum atomic E-state index is 12.2. The molecule has 4 rings (SSSR count). The first-order valence-electron chi connectivity index (χ1n) is 9.39. The molecule has 156 valence electrons. The second kappa shape index (κ2) is 9.32. The van der Waals surface area contributed by atoms with Crippen LogP contribution < -0.4 is 14.8 Å². The highest BCUT2D eigenvalue weighted by Crippen LogP contribution is 2.32. The molecule has 31 heavy (non-hydrogen) atoms. The molecular weight excluding hydrogens is 418 g/mol. The van der Waals surface area contributed by atoms with Crippen LogP contribution >= 0.6 is 11.6 Å². The Morgan fingerprint density at radius 1 is 1.00 bits per heavy atom. The molecular formula is C23H18ClN3O4. The van der Waals surface area contributed by atoms with Crippen LogP contribution in [-0.4, -0.2) is 29.8 Å². The summed E-state index contributed by atoms with van der Waals surface area (Å²) in [6.45, 7) is -0.207. The minimum atomic E-state index is -0.343. The summed E-state index contributed by atoms with van der Waals surface area (Å²) >= 11 is 6.05. The zero-order valence-electron chi connectivity index (χ0n) is 16.5. The van der Waals surface area contributed by atoms with Crippen molar-refractivity contribution in [1.29, 1.82) is 0 Å². The number of para-hydroxylation sites is 1. The summed E-state index contributed by atoms with van der Waals surface area (Å²) in [6, 6.07) is 21.7. The van der Waals surface area contributed by atoms with Crippen molar-refractivity contribution in [3.05, 3.63) is 77.8 Å². The lowest BCUT2D eigenvalue weighted by molar-refractivity contribution is -0.118. The van der Waals surface area contributed by atoms with Crippen molar-refractivity contribution in [2.75, 3.05) is 19.0 Å². The summed E-state index contributed by atoms with van der Waals surface area (Å²) in [7, 11) is 1.52. The molecule has 0 aliphatic carbocycles. The predicted molar refractivity (Wildman–Crippen MR) is 117 cm³/mol. The Hall–Kier alpha value is -3.84. The summed E-state index contributed by atoms with van der Waals surface area (Å²) in [5.74, 6) is 1.35. The van der Waals surface area contributed by atoms with Crippen LogP contribution in [0.15, 0.2) is 77.3 Å². The first-order valence-corrected chi connectivity index (χ1v) is 9.76. The molecule has 1 aromatic heterocycles. The van der Waals surface area contributed by atoms with E-state index in [1.165, 1.54) is 7.11 Å². The number of ether oxygens (including phenoxy) is 2. The van der Waals surface area contributed by atoms with E-state index in [0.717, 1.165) is 5.56 Å². The normalized spacial score (nSPS) is 10.5. The van der Waals surface area contributed by atoms with Gasteiger partial charge in [0, 0.05) is 11.1 Å². The van der Waals surface area contributed by atoms with E-state index in [2.05, 4.69) is 15.5 Å². The minimum absolute atomic E-state index is 0.207. The van der Waals surface area contributed by atoms with Gasteiger partial charge in [0.15, 0.2) is 18.1 Å². The summed E-state index contributed by atoms with van der Waals surface area (Å²) in [4.78, 5) is 16.6.